The highest BCUT2D eigenvalue weighted by Gasteiger charge is 2.33. The largest absolute Gasteiger partial charge is 0.327 e. The molecule has 0 bridgehead atoms. The number of nitrogens with zero attached hydrogens (tertiary/aromatic N) is 2. The summed E-state index contributed by atoms with van der Waals surface area (Å²) in [5.74, 6) is 0. The highest BCUT2D eigenvalue weighted by molar-refractivity contribution is 9.10. The van der Waals surface area contributed by atoms with Gasteiger partial charge in [0, 0.05) is 42.5 Å². The van der Waals surface area contributed by atoms with Crippen molar-refractivity contribution in [2.24, 2.45) is 11.1 Å². The lowest BCUT2D eigenvalue weighted by atomic mass is 9.79. The van der Waals surface area contributed by atoms with E-state index in [0.717, 1.165) is 30.5 Å². The second kappa shape index (κ2) is 6.33. The van der Waals surface area contributed by atoms with Gasteiger partial charge < -0.3 is 5.73 Å². The first-order valence-corrected chi connectivity index (χ1v) is 6.84. The molecule has 102 valence electrons. The van der Waals surface area contributed by atoms with Crippen molar-refractivity contribution in [2.75, 3.05) is 13.1 Å². The highest BCUT2D eigenvalue weighted by atomic mass is 79.9. The first-order chi connectivity index (χ1) is 7.97. The molecule has 0 radical (unpaired) electrons. The van der Waals surface area contributed by atoms with Crippen molar-refractivity contribution in [1.82, 2.24) is 9.88 Å². The quantitative estimate of drug-likeness (QED) is 0.904. The first kappa shape index (κ1) is 15.9. The molecule has 1 aliphatic heterocycles. The van der Waals surface area contributed by atoms with Gasteiger partial charge in [-0.1, -0.05) is 13.8 Å². The Bertz CT molecular complexity index is 398. The Hall–Kier alpha value is -0.160. The second-order valence-electron chi connectivity index (χ2n) is 5.61. The summed E-state index contributed by atoms with van der Waals surface area (Å²) in [6.07, 6.45) is 4.83. The first-order valence-electron chi connectivity index (χ1n) is 6.05. The van der Waals surface area contributed by atoms with Gasteiger partial charge in [-0.3, -0.25) is 9.88 Å². The van der Waals surface area contributed by atoms with Gasteiger partial charge in [0.1, 0.15) is 0 Å². The predicted molar refractivity (Wildman–Crippen MR) is 80.8 cm³/mol. The fourth-order valence-corrected chi connectivity index (χ4v) is 2.83. The van der Waals surface area contributed by atoms with Gasteiger partial charge in [-0.05, 0) is 39.4 Å². The van der Waals surface area contributed by atoms with Crippen LogP contribution in [0.1, 0.15) is 25.8 Å². The van der Waals surface area contributed by atoms with Gasteiger partial charge in [-0.25, -0.2) is 0 Å². The van der Waals surface area contributed by atoms with Crippen molar-refractivity contribution in [1.29, 1.82) is 0 Å². The third kappa shape index (κ3) is 3.92. The van der Waals surface area contributed by atoms with E-state index >= 15 is 0 Å². The molecule has 5 heteroatoms. The molecule has 18 heavy (non-hydrogen) atoms. The van der Waals surface area contributed by atoms with Crippen LogP contribution in [0.5, 0.6) is 0 Å². The van der Waals surface area contributed by atoms with Crippen molar-refractivity contribution < 1.29 is 0 Å². The Balaban J connectivity index is 0.00000162. The average Bonchev–Trinajstić information content (AvgIpc) is 2.23. The van der Waals surface area contributed by atoms with Gasteiger partial charge in [-0.15, -0.1) is 12.4 Å². The molecule has 2 rings (SSSR count). The Kier molecular flexibility index (Phi) is 5.59. The number of hydrogen-bond donors (Lipinski definition) is 1. The standard InChI is InChI=1S/C13H20BrN3.ClH/c1-13(2)9-17(4-3-12(13)15)8-10-5-11(14)7-16-6-10;/h5-7,12H,3-4,8-9,15H2,1-2H3;1H. The minimum Gasteiger partial charge on any atom is -0.327 e. The topological polar surface area (TPSA) is 42.2 Å². The maximum absolute atomic E-state index is 6.15. The minimum atomic E-state index is 0. The van der Waals surface area contributed by atoms with E-state index in [0.29, 0.717) is 6.04 Å². The summed E-state index contributed by atoms with van der Waals surface area (Å²) in [6, 6.07) is 2.45. The molecule has 0 aliphatic carbocycles. The lowest BCUT2D eigenvalue weighted by molar-refractivity contribution is 0.0898. The van der Waals surface area contributed by atoms with Crippen LogP contribution in [0.4, 0.5) is 0 Å². The Morgan fingerprint density at radius 3 is 2.83 bits per heavy atom. The van der Waals surface area contributed by atoms with E-state index in [1.807, 2.05) is 12.4 Å². The molecule has 0 amide bonds. The Labute approximate surface area is 124 Å². The van der Waals surface area contributed by atoms with Crippen LogP contribution in [0.2, 0.25) is 0 Å². The summed E-state index contributed by atoms with van der Waals surface area (Å²) < 4.78 is 1.04. The fourth-order valence-electron chi connectivity index (χ4n) is 2.42. The molecule has 1 fully saturated rings. The zero-order chi connectivity index (χ0) is 12.5. The molecule has 2 heterocycles. The molecule has 1 atom stereocenters. The van der Waals surface area contributed by atoms with E-state index < -0.39 is 0 Å². The average molecular weight is 335 g/mol. The van der Waals surface area contributed by atoms with Crippen LogP contribution >= 0.6 is 28.3 Å². The van der Waals surface area contributed by atoms with Crippen LogP contribution in [0.25, 0.3) is 0 Å². The van der Waals surface area contributed by atoms with Crippen LogP contribution in [-0.4, -0.2) is 29.0 Å². The van der Waals surface area contributed by atoms with Crippen LogP contribution in [0, 0.1) is 5.41 Å². The van der Waals surface area contributed by atoms with Gasteiger partial charge in [0.05, 0.1) is 0 Å². The van der Waals surface area contributed by atoms with E-state index in [9.17, 15) is 0 Å². The lowest BCUT2D eigenvalue weighted by Crippen LogP contribution is -2.52. The van der Waals surface area contributed by atoms with Crippen molar-refractivity contribution in [3.63, 3.8) is 0 Å². The molecular formula is C13H21BrClN3. The summed E-state index contributed by atoms with van der Waals surface area (Å²) in [4.78, 5) is 6.67. The number of pyridine rings is 1. The zero-order valence-corrected chi connectivity index (χ0v) is 13.3. The lowest BCUT2D eigenvalue weighted by Gasteiger charge is -2.42. The number of hydrogen-bond acceptors (Lipinski definition) is 3. The molecule has 0 aromatic carbocycles. The van der Waals surface area contributed by atoms with Crippen molar-refractivity contribution in [3.05, 3.63) is 28.5 Å². The third-order valence-corrected chi connectivity index (χ3v) is 3.99. The van der Waals surface area contributed by atoms with Gasteiger partial charge in [-0.2, -0.15) is 0 Å². The van der Waals surface area contributed by atoms with E-state index in [4.69, 9.17) is 5.73 Å². The maximum atomic E-state index is 6.15. The second-order valence-corrected chi connectivity index (χ2v) is 6.52. The summed E-state index contributed by atoms with van der Waals surface area (Å²) >= 11 is 3.46. The smallest absolute Gasteiger partial charge is 0.0410 e. The molecule has 0 saturated carbocycles. The summed E-state index contributed by atoms with van der Waals surface area (Å²) in [5.41, 5.74) is 7.61. The van der Waals surface area contributed by atoms with Crippen LogP contribution in [0.3, 0.4) is 0 Å². The van der Waals surface area contributed by atoms with Crippen LogP contribution < -0.4 is 5.73 Å². The maximum Gasteiger partial charge on any atom is 0.0410 e. The molecule has 3 nitrogen and oxygen atoms in total. The fraction of sp³-hybridized carbons (Fsp3) is 0.615. The number of likely N-dealkylation sites (tertiary alicyclic amines) is 1. The predicted octanol–water partition coefficient (Wildman–Crippen LogP) is 2.83. The zero-order valence-electron chi connectivity index (χ0n) is 10.9. The van der Waals surface area contributed by atoms with E-state index in [2.05, 4.69) is 45.7 Å². The SMILES string of the molecule is CC1(C)CN(Cc2cncc(Br)c2)CCC1N.Cl. The molecule has 1 unspecified atom stereocenters. The molecular weight excluding hydrogens is 314 g/mol. The number of aromatic nitrogens is 1. The van der Waals surface area contributed by atoms with Crippen molar-refractivity contribution >= 4 is 28.3 Å². The molecule has 1 aromatic rings. The van der Waals surface area contributed by atoms with E-state index in [1.54, 1.807) is 0 Å². The molecule has 1 saturated heterocycles. The van der Waals surface area contributed by atoms with Gasteiger partial charge >= 0.3 is 0 Å². The van der Waals surface area contributed by atoms with E-state index in [1.165, 1.54) is 5.56 Å². The number of nitrogens with two attached hydrogens (primary N) is 1. The number of piperidine rings is 1. The van der Waals surface area contributed by atoms with E-state index in [-0.39, 0.29) is 17.8 Å². The Morgan fingerprint density at radius 2 is 2.22 bits per heavy atom. The summed E-state index contributed by atoms with van der Waals surface area (Å²) in [5, 5.41) is 0. The third-order valence-electron chi connectivity index (χ3n) is 3.56. The summed E-state index contributed by atoms with van der Waals surface area (Å²) in [7, 11) is 0. The number of halogens is 2. The van der Waals surface area contributed by atoms with Gasteiger partial charge in [0.2, 0.25) is 0 Å². The Morgan fingerprint density at radius 1 is 1.50 bits per heavy atom. The van der Waals surface area contributed by atoms with Gasteiger partial charge in [0.25, 0.3) is 0 Å². The molecule has 0 spiro atoms. The van der Waals surface area contributed by atoms with Crippen molar-refractivity contribution in [2.45, 2.75) is 32.9 Å². The van der Waals surface area contributed by atoms with Gasteiger partial charge in [0.15, 0.2) is 0 Å². The van der Waals surface area contributed by atoms with Crippen LogP contribution in [0.15, 0.2) is 22.9 Å². The molecule has 1 aliphatic rings. The monoisotopic (exact) mass is 333 g/mol. The van der Waals surface area contributed by atoms with Crippen LogP contribution in [-0.2, 0) is 6.54 Å². The normalized spacial score (nSPS) is 23.4. The molecule has 1 aromatic heterocycles. The van der Waals surface area contributed by atoms with Crippen molar-refractivity contribution in [3.8, 4) is 0 Å². The summed E-state index contributed by atoms with van der Waals surface area (Å²) in [6.45, 7) is 7.60. The minimum absolute atomic E-state index is 0. The molecule has 2 N–H and O–H groups in total. The highest BCUT2D eigenvalue weighted by Crippen LogP contribution is 2.28. The number of rotatable bonds is 2.